The van der Waals surface area contributed by atoms with Crippen LogP contribution in [-0.2, 0) is 4.74 Å². The SMILES string of the molecule is COC(=O)c1ccc(C(=O)c2cncc(F)c2)o1. The molecule has 2 aromatic heterocycles. The predicted octanol–water partition coefficient (Wildman–Crippen LogP) is 1.83. The van der Waals surface area contributed by atoms with Crippen molar-refractivity contribution in [3.05, 3.63) is 53.5 Å². The van der Waals surface area contributed by atoms with Crippen molar-refractivity contribution in [3.63, 3.8) is 0 Å². The quantitative estimate of drug-likeness (QED) is 0.613. The summed E-state index contributed by atoms with van der Waals surface area (Å²) in [6.07, 6.45) is 2.20. The van der Waals surface area contributed by atoms with Crippen LogP contribution in [0.2, 0.25) is 0 Å². The van der Waals surface area contributed by atoms with Crippen molar-refractivity contribution >= 4 is 11.8 Å². The average molecular weight is 249 g/mol. The van der Waals surface area contributed by atoms with Gasteiger partial charge in [-0.2, -0.15) is 0 Å². The summed E-state index contributed by atoms with van der Waals surface area (Å²) in [5.41, 5.74) is 0.0424. The lowest BCUT2D eigenvalue weighted by atomic mass is 10.1. The van der Waals surface area contributed by atoms with Crippen molar-refractivity contribution in [3.8, 4) is 0 Å². The van der Waals surface area contributed by atoms with Crippen LogP contribution < -0.4 is 0 Å². The third kappa shape index (κ3) is 2.27. The fraction of sp³-hybridized carbons (Fsp3) is 0.0833. The second-order valence-corrected chi connectivity index (χ2v) is 3.38. The topological polar surface area (TPSA) is 69.4 Å². The van der Waals surface area contributed by atoms with E-state index in [1.165, 1.54) is 25.4 Å². The summed E-state index contributed by atoms with van der Waals surface area (Å²) in [7, 11) is 1.20. The number of ketones is 1. The van der Waals surface area contributed by atoms with E-state index in [1.54, 1.807) is 0 Å². The number of pyridine rings is 1. The van der Waals surface area contributed by atoms with E-state index >= 15 is 0 Å². The Balaban J connectivity index is 2.29. The van der Waals surface area contributed by atoms with E-state index < -0.39 is 17.6 Å². The summed E-state index contributed by atoms with van der Waals surface area (Å²) in [5.74, 6) is -2.04. The number of aromatic nitrogens is 1. The van der Waals surface area contributed by atoms with Gasteiger partial charge in [-0.05, 0) is 18.2 Å². The number of methoxy groups -OCH3 is 1. The van der Waals surface area contributed by atoms with Crippen molar-refractivity contribution < 1.29 is 23.1 Å². The Morgan fingerprint density at radius 1 is 1.28 bits per heavy atom. The van der Waals surface area contributed by atoms with Crippen LogP contribution in [0.1, 0.15) is 26.7 Å². The van der Waals surface area contributed by atoms with Gasteiger partial charge in [0, 0.05) is 11.8 Å². The Hall–Kier alpha value is -2.50. The molecule has 0 spiro atoms. The van der Waals surface area contributed by atoms with Gasteiger partial charge in [0.15, 0.2) is 5.76 Å². The van der Waals surface area contributed by atoms with E-state index in [9.17, 15) is 14.0 Å². The molecule has 92 valence electrons. The largest absolute Gasteiger partial charge is 0.463 e. The molecular weight excluding hydrogens is 241 g/mol. The molecule has 2 aromatic rings. The van der Waals surface area contributed by atoms with Gasteiger partial charge in [-0.3, -0.25) is 9.78 Å². The molecule has 0 radical (unpaired) electrons. The lowest BCUT2D eigenvalue weighted by Crippen LogP contribution is -2.02. The van der Waals surface area contributed by atoms with Crippen molar-refractivity contribution in [1.82, 2.24) is 4.98 Å². The first-order valence-electron chi connectivity index (χ1n) is 4.95. The third-order valence-electron chi connectivity index (χ3n) is 2.18. The molecule has 0 aliphatic carbocycles. The molecule has 0 bridgehead atoms. The Morgan fingerprint density at radius 3 is 2.67 bits per heavy atom. The lowest BCUT2D eigenvalue weighted by molar-refractivity contribution is 0.0563. The van der Waals surface area contributed by atoms with E-state index in [4.69, 9.17) is 4.42 Å². The Morgan fingerprint density at radius 2 is 2.00 bits per heavy atom. The van der Waals surface area contributed by atoms with Crippen LogP contribution in [0.4, 0.5) is 4.39 Å². The van der Waals surface area contributed by atoms with Gasteiger partial charge in [-0.1, -0.05) is 0 Å². The highest BCUT2D eigenvalue weighted by Crippen LogP contribution is 2.14. The molecule has 0 aliphatic rings. The molecule has 0 atom stereocenters. The van der Waals surface area contributed by atoms with Gasteiger partial charge in [0.25, 0.3) is 0 Å². The van der Waals surface area contributed by atoms with Crippen LogP contribution in [0, 0.1) is 5.82 Å². The normalized spacial score (nSPS) is 10.1. The number of ether oxygens (including phenoxy) is 1. The van der Waals surface area contributed by atoms with Crippen molar-refractivity contribution in [2.75, 3.05) is 7.11 Å². The van der Waals surface area contributed by atoms with Gasteiger partial charge in [-0.15, -0.1) is 0 Å². The van der Waals surface area contributed by atoms with E-state index in [0.29, 0.717) is 0 Å². The Bertz CT molecular complexity index is 606. The van der Waals surface area contributed by atoms with Crippen molar-refractivity contribution in [2.24, 2.45) is 0 Å². The molecule has 0 saturated heterocycles. The van der Waals surface area contributed by atoms with Crippen LogP contribution in [-0.4, -0.2) is 23.8 Å². The molecule has 0 aliphatic heterocycles. The van der Waals surface area contributed by atoms with Crippen molar-refractivity contribution in [2.45, 2.75) is 0 Å². The van der Waals surface area contributed by atoms with Crippen molar-refractivity contribution in [1.29, 1.82) is 0 Å². The number of carbonyl (C=O) groups is 2. The van der Waals surface area contributed by atoms with Gasteiger partial charge in [-0.25, -0.2) is 9.18 Å². The number of esters is 1. The highest BCUT2D eigenvalue weighted by molar-refractivity contribution is 6.07. The fourth-order valence-electron chi connectivity index (χ4n) is 1.35. The number of carbonyl (C=O) groups excluding carboxylic acids is 2. The molecule has 0 aromatic carbocycles. The highest BCUT2D eigenvalue weighted by atomic mass is 19.1. The zero-order chi connectivity index (χ0) is 13.1. The van der Waals surface area contributed by atoms with Gasteiger partial charge in [0.1, 0.15) is 5.82 Å². The molecule has 0 saturated carbocycles. The van der Waals surface area contributed by atoms with Gasteiger partial charge >= 0.3 is 5.97 Å². The fourth-order valence-corrected chi connectivity index (χ4v) is 1.35. The summed E-state index contributed by atoms with van der Waals surface area (Å²) in [6.45, 7) is 0. The maximum Gasteiger partial charge on any atom is 0.373 e. The first kappa shape index (κ1) is 12.0. The van der Waals surface area contributed by atoms with Crippen LogP contribution in [0.25, 0.3) is 0 Å². The molecule has 0 unspecified atom stereocenters. The molecule has 6 heteroatoms. The Labute approximate surface area is 101 Å². The standard InChI is InChI=1S/C12H8FNO4/c1-17-12(16)10-3-2-9(18-10)11(15)7-4-8(13)6-14-5-7/h2-6H,1H3. The number of hydrogen-bond acceptors (Lipinski definition) is 5. The van der Waals surface area contributed by atoms with Gasteiger partial charge in [0.05, 0.1) is 13.3 Å². The first-order chi connectivity index (χ1) is 8.61. The molecule has 5 nitrogen and oxygen atoms in total. The van der Waals surface area contributed by atoms with Gasteiger partial charge in [0.2, 0.25) is 11.5 Å². The number of hydrogen-bond donors (Lipinski definition) is 0. The van der Waals surface area contributed by atoms with E-state index in [-0.39, 0.29) is 17.1 Å². The average Bonchev–Trinajstić information content (AvgIpc) is 2.86. The summed E-state index contributed by atoms with van der Waals surface area (Å²) in [6, 6.07) is 3.67. The zero-order valence-electron chi connectivity index (χ0n) is 9.34. The van der Waals surface area contributed by atoms with E-state index in [1.807, 2.05) is 0 Å². The monoisotopic (exact) mass is 249 g/mol. The van der Waals surface area contributed by atoms with Crippen LogP contribution >= 0.6 is 0 Å². The van der Waals surface area contributed by atoms with E-state index in [0.717, 1.165) is 12.3 Å². The van der Waals surface area contributed by atoms with Crippen LogP contribution in [0.3, 0.4) is 0 Å². The summed E-state index contributed by atoms with van der Waals surface area (Å²) in [4.78, 5) is 26.6. The third-order valence-corrected chi connectivity index (χ3v) is 2.18. The smallest absolute Gasteiger partial charge is 0.373 e. The zero-order valence-corrected chi connectivity index (χ0v) is 9.34. The number of rotatable bonds is 3. The molecular formula is C12H8FNO4. The maximum absolute atomic E-state index is 12.9. The van der Waals surface area contributed by atoms with Gasteiger partial charge < -0.3 is 9.15 Å². The summed E-state index contributed by atoms with van der Waals surface area (Å²) < 4.78 is 22.4. The minimum absolute atomic E-state index is 0.0424. The molecule has 2 heterocycles. The maximum atomic E-state index is 12.9. The molecule has 0 N–H and O–H groups in total. The molecule has 2 rings (SSSR count). The first-order valence-corrected chi connectivity index (χ1v) is 4.95. The Kier molecular flexibility index (Phi) is 3.18. The number of nitrogens with zero attached hydrogens (tertiary/aromatic N) is 1. The molecule has 0 amide bonds. The minimum atomic E-state index is -0.689. The van der Waals surface area contributed by atoms with Crippen LogP contribution in [0.5, 0.6) is 0 Å². The number of furan rings is 1. The lowest BCUT2D eigenvalue weighted by Gasteiger charge is -1.97. The summed E-state index contributed by atoms with van der Waals surface area (Å²) >= 11 is 0. The molecule has 0 fully saturated rings. The highest BCUT2D eigenvalue weighted by Gasteiger charge is 2.18. The predicted molar refractivity (Wildman–Crippen MR) is 57.7 cm³/mol. The molecule has 18 heavy (non-hydrogen) atoms. The number of halogens is 1. The second kappa shape index (κ2) is 4.79. The van der Waals surface area contributed by atoms with E-state index in [2.05, 4.69) is 9.72 Å². The van der Waals surface area contributed by atoms with Crippen LogP contribution in [0.15, 0.2) is 35.0 Å². The second-order valence-electron chi connectivity index (χ2n) is 3.38. The summed E-state index contributed by atoms with van der Waals surface area (Å²) in [5, 5.41) is 0. The minimum Gasteiger partial charge on any atom is -0.463 e.